The number of hydrogen-bond donors (Lipinski definition) is 2. The fourth-order valence-electron chi connectivity index (χ4n) is 2.71. The largest absolute Gasteiger partial charge is 0.355 e. The number of nitrogens with one attached hydrogen (secondary N) is 2. The third-order valence-electron chi connectivity index (χ3n) is 4.00. The Morgan fingerprint density at radius 2 is 1.88 bits per heavy atom. The molecule has 0 aliphatic heterocycles. The monoisotopic (exact) mass is 338 g/mol. The number of quaternary nitrogens is 1. The van der Waals surface area contributed by atoms with Gasteiger partial charge in [-0.05, 0) is 24.3 Å². The van der Waals surface area contributed by atoms with Crippen molar-refractivity contribution in [2.24, 2.45) is 0 Å². The minimum absolute atomic E-state index is 0.106. The minimum atomic E-state index is -0.139. The summed E-state index contributed by atoms with van der Waals surface area (Å²) in [6.07, 6.45) is 0. The van der Waals surface area contributed by atoms with Crippen LogP contribution >= 0.6 is 0 Å². The van der Waals surface area contributed by atoms with Crippen LogP contribution in [-0.4, -0.2) is 35.0 Å². The van der Waals surface area contributed by atoms with Crippen molar-refractivity contribution in [1.82, 2.24) is 20.3 Å². The second kappa shape index (κ2) is 7.23. The number of benzene rings is 2. The molecule has 7 heteroatoms. The molecule has 0 radical (unpaired) electrons. The Labute approximate surface area is 144 Å². The van der Waals surface area contributed by atoms with Crippen molar-refractivity contribution in [1.29, 1.82) is 0 Å². The number of nitrogens with zero attached hydrogens (tertiary/aromatic N) is 3. The highest BCUT2D eigenvalue weighted by Gasteiger charge is 2.11. The van der Waals surface area contributed by atoms with Gasteiger partial charge in [-0.3, -0.25) is 9.59 Å². The topological polar surface area (TPSA) is 81.3 Å². The summed E-state index contributed by atoms with van der Waals surface area (Å²) in [4.78, 5) is 25.1. The average molecular weight is 338 g/mol. The lowest BCUT2D eigenvalue weighted by atomic mass is 10.1. The summed E-state index contributed by atoms with van der Waals surface area (Å²) in [6, 6.07) is 14.6. The third-order valence-corrected chi connectivity index (χ3v) is 4.00. The highest BCUT2D eigenvalue weighted by Crippen LogP contribution is 2.04. The SMILES string of the molecule is CNC(=O)c1ccc(C[NH+](C)Cn2nnc3ccccc3c2=O)cc1. The molecule has 0 bridgehead atoms. The van der Waals surface area contributed by atoms with E-state index >= 15 is 0 Å². The molecule has 1 unspecified atom stereocenters. The molecule has 3 aromatic rings. The Hall–Kier alpha value is -3.06. The molecule has 25 heavy (non-hydrogen) atoms. The van der Waals surface area contributed by atoms with Crippen molar-refractivity contribution in [2.45, 2.75) is 13.2 Å². The zero-order chi connectivity index (χ0) is 17.8. The van der Waals surface area contributed by atoms with Gasteiger partial charge in [0, 0.05) is 18.2 Å². The third kappa shape index (κ3) is 3.72. The molecule has 1 atom stereocenters. The van der Waals surface area contributed by atoms with Gasteiger partial charge >= 0.3 is 0 Å². The van der Waals surface area contributed by atoms with Crippen molar-refractivity contribution < 1.29 is 9.69 Å². The Balaban J connectivity index is 1.72. The summed E-state index contributed by atoms with van der Waals surface area (Å²) in [5.74, 6) is -0.106. The van der Waals surface area contributed by atoms with Gasteiger partial charge < -0.3 is 10.2 Å². The van der Waals surface area contributed by atoms with E-state index in [0.717, 1.165) is 10.5 Å². The predicted molar refractivity (Wildman–Crippen MR) is 94.2 cm³/mol. The van der Waals surface area contributed by atoms with Gasteiger partial charge in [-0.2, -0.15) is 4.68 Å². The second-order valence-electron chi connectivity index (χ2n) is 5.98. The zero-order valence-electron chi connectivity index (χ0n) is 14.2. The highest BCUT2D eigenvalue weighted by atomic mass is 16.1. The first-order valence-corrected chi connectivity index (χ1v) is 8.03. The standard InChI is InChI=1S/C18H19N5O2/c1-19-17(24)14-9-7-13(8-10-14)11-22(2)12-23-18(25)15-5-3-4-6-16(15)20-21-23/h3-10H,11-12H2,1-2H3,(H,19,24)/p+1. The fraction of sp³-hybridized carbons (Fsp3) is 0.222. The summed E-state index contributed by atoms with van der Waals surface area (Å²) >= 11 is 0. The zero-order valence-corrected chi connectivity index (χ0v) is 14.2. The predicted octanol–water partition coefficient (Wildman–Crippen LogP) is -0.176. The van der Waals surface area contributed by atoms with Gasteiger partial charge in [-0.15, -0.1) is 5.10 Å². The van der Waals surface area contributed by atoms with Gasteiger partial charge in [-0.25, -0.2) is 0 Å². The van der Waals surface area contributed by atoms with Gasteiger partial charge in [-0.1, -0.05) is 29.5 Å². The van der Waals surface area contributed by atoms with E-state index in [1.165, 1.54) is 4.68 Å². The molecule has 2 N–H and O–H groups in total. The van der Waals surface area contributed by atoms with Gasteiger partial charge in [0.15, 0.2) is 6.67 Å². The van der Waals surface area contributed by atoms with E-state index < -0.39 is 0 Å². The molecule has 0 saturated heterocycles. The molecule has 1 aromatic heterocycles. The number of aromatic nitrogens is 3. The molecule has 3 rings (SSSR count). The second-order valence-corrected chi connectivity index (χ2v) is 5.98. The summed E-state index contributed by atoms with van der Waals surface area (Å²) < 4.78 is 1.39. The molecule has 128 valence electrons. The maximum atomic E-state index is 12.5. The van der Waals surface area contributed by atoms with E-state index in [2.05, 4.69) is 15.6 Å². The molecule has 0 aliphatic rings. The van der Waals surface area contributed by atoms with Crippen molar-refractivity contribution in [2.75, 3.05) is 14.1 Å². The number of amides is 1. The smallest absolute Gasteiger partial charge is 0.282 e. The molecule has 1 heterocycles. The van der Waals surface area contributed by atoms with Crippen molar-refractivity contribution in [3.8, 4) is 0 Å². The molecule has 2 aromatic carbocycles. The Morgan fingerprint density at radius 3 is 2.60 bits per heavy atom. The molecule has 0 spiro atoms. The first-order chi connectivity index (χ1) is 12.1. The van der Waals surface area contributed by atoms with Gasteiger partial charge in [0.05, 0.1) is 12.4 Å². The molecule has 0 aliphatic carbocycles. The first-order valence-electron chi connectivity index (χ1n) is 8.03. The molecular weight excluding hydrogens is 318 g/mol. The van der Waals surface area contributed by atoms with Crippen LogP contribution in [0, 0.1) is 0 Å². The van der Waals surface area contributed by atoms with Crippen LogP contribution in [0.1, 0.15) is 15.9 Å². The van der Waals surface area contributed by atoms with Crippen molar-refractivity contribution in [3.05, 3.63) is 70.0 Å². The van der Waals surface area contributed by atoms with Crippen LogP contribution < -0.4 is 15.8 Å². The maximum absolute atomic E-state index is 12.5. The lowest BCUT2D eigenvalue weighted by Crippen LogP contribution is -3.07. The Morgan fingerprint density at radius 1 is 1.16 bits per heavy atom. The van der Waals surface area contributed by atoms with Gasteiger partial charge in [0.25, 0.3) is 11.5 Å². The van der Waals surface area contributed by atoms with E-state index in [9.17, 15) is 9.59 Å². The maximum Gasteiger partial charge on any atom is 0.282 e. The summed E-state index contributed by atoms with van der Waals surface area (Å²) in [5, 5.41) is 11.3. The van der Waals surface area contributed by atoms with E-state index in [4.69, 9.17) is 0 Å². The Bertz CT molecular complexity index is 950. The number of fused-ring (bicyclic) bond motifs is 1. The first kappa shape index (κ1) is 16.8. The summed E-state index contributed by atoms with van der Waals surface area (Å²) in [5.41, 5.74) is 2.17. The molecular formula is C18H20N5O2+. The minimum Gasteiger partial charge on any atom is -0.355 e. The van der Waals surface area contributed by atoms with Gasteiger partial charge in [0.1, 0.15) is 12.1 Å². The number of carbonyl (C=O) groups is 1. The van der Waals surface area contributed by atoms with Crippen LogP contribution in [-0.2, 0) is 13.2 Å². The molecule has 1 amide bonds. The van der Waals surface area contributed by atoms with Crippen molar-refractivity contribution in [3.63, 3.8) is 0 Å². The van der Waals surface area contributed by atoms with E-state index in [0.29, 0.717) is 29.7 Å². The fourth-order valence-corrected chi connectivity index (χ4v) is 2.71. The molecule has 0 saturated carbocycles. The van der Waals surface area contributed by atoms with Crippen LogP contribution in [0.3, 0.4) is 0 Å². The van der Waals surface area contributed by atoms with E-state index in [1.807, 2.05) is 31.3 Å². The quantitative estimate of drug-likeness (QED) is 0.676. The number of hydrogen-bond acceptors (Lipinski definition) is 4. The number of rotatable bonds is 5. The van der Waals surface area contributed by atoms with E-state index in [1.54, 1.807) is 31.3 Å². The lowest BCUT2D eigenvalue weighted by molar-refractivity contribution is -0.917. The number of carbonyl (C=O) groups excluding carboxylic acids is 1. The van der Waals surface area contributed by atoms with E-state index in [-0.39, 0.29) is 11.5 Å². The normalized spacial score (nSPS) is 12.1. The summed E-state index contributed by atoms with van der Waals surface area (Å²) in [6.45, 7) is 1.11. The lowest BCUT2D eigenvalue weighted by Gasteiger charge is -2.14. The van der Waals surface area contributed by atoms with Crippen LogP contribution in [0.25, 0.3) is 10.9 Å². The van der Waals surface area contributed by atoms with Crippen LogP contribution in [0.4, 0.5) is 0 Å². The van der Waals surface area contributed by atoms with Crippen LogP contribution in [0.2, 0.25) is 0 Å². The van der Waals surface area contributed by atoms with Crippen LogP contribution in [0.15, 0.2) is 53.3 Å². The Kier molecular flexibility index (Phi) is 4.85. The van der Waals surface area contributed by atoms with Gasteiger partial charge in [0.2, 0.25) is 0 Å². The van der Waals surface area contributed by atoms with Crippen LogP contribution in [0.5, 0.6) is 0 Å². The molecule has 0 fully saturated rings. The summed E-state index contributed by atoms with van der Waals surface area (Å²) in [7, 11) is 3.59. The van der Waals surface area contributed by atoms with Crippen molar-refractivity contribution >= 4 is 16.8 Å². The average Bonchev–Trinajstić information content (AvgIpc) is 2.64. The molecule has 7 nitrogen and oxygen atoms in total. The highest BCUT2D eigenvalue weighted by molar-refractivity contribution is 5.93.